The van der Waals surface area contributed by atoms with Gasteiger partial charge in [0, 0.05) is 11.1 Å². The molecule has 0 aromatic heterocycles. The summed E-state index contributed by atoms with van der Waals surface area (Å²) in [6, 6.07) is 16.0. The van der Waals surface area contributed by atoms with E-state index in [2.05, 4.69) is 19.9 Å². The summed E-state index contributed by atoms with van der Waals surface area (Å²) in [5.74, 6) is -1.03. The van der Waals surface area contributed by atoms with E-state index in [1.807, 2.05) is 24.3 Å². The lowest BCUT2D eigenvalue weighted by Crippen LogP contribution is -2.05. The number of hydrogen-bond donors (Lipinski definition) is 0. The quantitative estimate of drug-likeness (QED) is 0.248. The Labute approximate surface area is 214 Å². The van der Waals surface area contributed by atoms with E-state index in [1.54, 1.807) is 30.3 Å². The number of unbranched alkanes of at least 4 members (excludes halogenated alkanes) is 3. The van der Waals surface area contributed by atoms with Gasteiger partial charge in [0.15, 0.2) is 11.6 Å². The Balaban J connectivity index is 1.48. The van der Waals surface area contributed by atoms with Crippen LogP contribution in [0.15, 0.2) is 60.7 Å². The second kappa shape index (κ2) is 12.4. The third-order valence-electron chi connectivity index (χ3n) is 7.52. The number of rotatable bonds is 10. The maximum atomic E-state index is 15.0. The van der Waals surface area contributed by atoms with Crippen LogP contribution >= 0.6 is 0 Å². The first-order chi connectivity index (χ1) is 17.5. The molecule has 0 saturated heterocycles. The van der Waals surface area contributed by atoms with E-state index >= 15 is 4.39 Å². The Morgan fingerprint density at radius 1 is 0.722 bits per heavy atom. The Bertz CT molecular complexity index is 1190. The Hall–Kier alpha value is -2.81. The minimum atomic E-state index is -0.798. The molecule has 0 nitrogen and oxygen atoms in total. The molecule has 0 heterocycles. The lowest BCUT2D eigenvalue weighted by Gasteiger charge is -2.22. The van der Waals surface area contributed by atoms with Crippen molar-refractivity contribution in [2.75, 3.05) is 0 Å². The van der Waals surface area contributed by atoms with E-state index in [1.165, 1.54) is 12.8 Å². The van der Waals surface area contributed by atoms with Crippen molar-refractivity contribution >= 4 is 5.57 Å². The van der Waals surface area contributed by atoms with E-state index in [9.17, 15) is 8.78 Å². The van der Waals surface area contributed by atoms with Crippen molar-refractivity contribution < 1.29 is 13.2 Å². The number of hydrogen-bond acceptors (Lipinski definition) is 0. The van der Waals surface area contributed by atoms with E-state index in [0.29, 0.717) is 23.1 Å². The molecule has 0 radical (unpaired) electrons. The molecule has 36 heavy (non-hydrogen) atoms. The molecule has 1 aliphatic carbocycles. The highest BCUT2D eigenvalue weighted by Crippen LogP contribution is 2.35. The Morgan fingerprint density at radius 2 is 1.44 bits per heavy atom. The molecular weight excluding hydrogens is 453 g/mol. The lowest BCUT2D eigenvalue weighted by atomic mass is 9.84. The number of benzene rings is 3. The van der Waals surface area contributed by atoms with E-state index < -0.39 is 11.6 Å². The Kier molecular flexibility index (Phi) is 9.07. The largest absolute Gasteiger partial charge is 0.206 e. The molecule has 1 unspecified atom stereocenters. The van der Waals surface area contributed by atoms with Crippen LogP contribution in [0.5, 0.6) is 0 Å². The van der Waals surface area contributed by atoms with E-state index in [4.69, 9.17) is 0 Å². The zero-order chi connectivity index (χ0) is 25.5. The maximum Gasteiger partial charge on any atom is 0.166 e. The first kappa shape index (κ1) is 26.3. The topological polar surface area (TPSA) is 0 Å². The fourth-order valence-electron chi connectivity index (χ4n) is 5.35. The van der Waals surface area contributed by atoms with Gasteiger partial charge in [-0.25, -0.2) is 13.2 Å². The van der Waals surface area contributed by atoms with Crippen LogP contribution < -0.4 is 0 Å². The van der Waals surface area contributed by atoms with Gasteiger partial charge in [-0.3, -0.25) is 0 Å². The SMILES string of the molecule is CCCCCCc1ccc(-c2ccc(-c3ccc(C4=CCC(CCC)CC4)c(F)c3)cc2)c(F)c1F. The molecule has 4 rings (SSSR count). The summed E-state index contributed by atoms with van der Waals surface area (Å²) in [5.41, 5.74) is 4.72. The normalized spacial score (nSPS) is 15.7. The molecule has 0 saturated carbocycles. The molecule has 0 N–H and O–H groups in total. The first-order valence-electron chi connectivity index (χ1n) is 13.6. The van der Waals surface area contributed by atoms with Gasteiger partial charge in [-0.1, -0.05) is 101 Å². The average molecular weight is 491 g/mol. The van der Waals surface area contributed by atoms with Crippen molar-refractivity contribution in [2.24, 2.45) is 5.92 Å². The van der Waals surface area contributed by atoms with Crippen LogP contribution in [-0.4, -0.2) is 0 Å². The molecule has 0 aliphatic heterocycles. The zero-order valence-corrected chi connectivity index (χ0v) is 21.6. The van der Waals surface area contributed by atoms with Crippen LogP contribution in [0.2, 0.25) is 0 Å². The van der Waals surface area contributed by atoms with Crippen molar-refractivity contribution in [2.45, 2.75) is 78.1 Å². The van der Waals surface area contributed by atoms with Gasteiger partial charge in [0.25, 0.3) is 0 Å². The van der Waals surface area contributed by atoms with Gasteiger partial charge in [-0.15, -0.1) is 0 Å². The second-order valence-electron chi connectivity index (χ2n) is 10.1. The highest BCUT2D eigenvalue weighted by Gasteiger charge is 2.18. The summed E-state index contributed by atoms with van der Waals surface area (Å²) in [6.45, 7) is 4.34. The minimum absolute atomic E-state index is 0.209. The number of halogens is 3. The fourth-order valence-corrected chi connectivity index (χ4v) is 5.35. The molecule has 0 bridgehead atoms. The highest BCUT2D eigenvalue weighted by atomic mass is 19.2. The van der Waals surface area contributed by atoms with Gasteiger partial charge >= 0.3 is 0 Å². The summed E-state index contributed by atoms with van der Waals surface area (Å²) in [7, 11) is 0. The third-order valence-corrected chi connectivity index (χ3v) is 7.52. The summed E-state index contributed by atoms with van der Waals surface area (Å²) in [4.78, 5) is 0. The van der Waals surface area contributed by atoms with Crippen LogP contribution in [-0.2, 0) is 6.42 Å². The average Bonchev–Trinajstić information content (AvgIpc) is 2.90. The molecule has 3 heteroatoms. The standard InChI is InChI=1S/C33H37F3/c1-3-5-6-7-9-27-18-21-30(33(36)32(27)35)26-16-14-24(15-17-26)28-19-20-29(31(34)22-28)25-12-10-23(8-4-2)11-13-25/h12,14-23H,3-11,13H2,1-2H3. The van der Waals surface area contributed by atoms with Crippen LogP contribution in [0.4, 0.5) is 13.2 Å². The molecule has 1 aliphatic rings. The summed E-state index contributed by atoms with van der Waals surface area (Å²) in [6.07, 6.45) is 12.4. The highest BCUT2D eigenvalue weighted by molar-refractivity contribution is 5.74. The predicted molar refractivity (Wildman–Crippen MR) is 145 cm³/mol. The molecule has 1 atom stereocenters. The van der Waals surface area contributed by atoms with Crippen LogP contribution in [0, 0.1) is 23.4 Å². The van der Waals surface area contributed by atoms with Crippen molar-refractivity contribution in [3.63, 3.8) is 0 Å². The van der Waals surface area contributed by atoms with Crippen LogP contribution in [0.3, 0.4) is 0 Å². The van der Waals surface area contributed by atoms with Gasteiger partial charge in [-0.05, 0) is 71.9 Å². The zero-order valence-electron chi connectivity index (χ0n) is 21.6. The van der Waals surface area contributed by atoms with Gasteiger partial charge in [0.1, 0.15) is 5.82 Å². The fraction of sp³-hybridized carbons (Fsp3) is 0.394. The van der Waals surface area contributed by atoms with Crippen molar-refractivity contribution in [1.82, 2.24) is 0 Å². The minimum Gasteiger partial charge on any atom is -0.206 e. The molecule has 190 valence electrons. The van der Waals surface area contributed by atoms with E-state index in [-0.39, 0.29) is 11.4 Å². The van der Waals surface area contributed by atoms with Crippen LogP contribution in [0.25, 0.3) is 27.8 Å². The molecule has 0 amide bonds. The van der Waals surface area contributed by atoms with Gasteiger partial charge in [0.05, 0.1) is 0 Å². The summed E-state index contributed by atoms with van der Waals surface area (Å²) in [5, 5.41) is 0. The van der Waals surface area contributed by atoms with Gasteiger partial charge in [-0.2, -0.15) is 0 Å². The lowest BCUT2D eigenvalue weighted by molar-refractivity contribution is 0.444. The number of allylic oxidation sites excluding steroid dienone is 2. The van der Waals surface area contributed by atoms with Crippen molar-refractivity contribution in [3.8, 4) is 22.3 Å². The van der Waals surface area contributed by atoms with Gasteiger partial charge in [0.2, 0.25) is 0 Å². The maximum absolute atomic E-state index is 15.0. The third kappa shape index (κ3) is 6.11. The molecule has 3 aromatic carbocycles. The summed E-state index contributed by atoms with van der Waals surface area (Å²) < 4.78 is 44.6. The smallest absolute Gasteiger partial charge is 0.166 e. The second-order valence-corrected chi connectivity index (χ2v) is 10.1. The summed E-state index contributed by atoms with van der Waals surface area (Å²) >= 11 is 0. The molecule has 0 spiro atoms. The predicted octanol–water partition coefficient (Wildman–Crippen LogP) is 10.5. The van der Waals surface area contributed by atoms with Gasteiger partial charge < -0.3 is 0 Å². The monoisotopic (exact) mass is 490 g/mol. The molecule has 0 fully saturated rings. The van der Waals surface area contributed by atoms with E-state index in [0.717, 1.165) is 67.6 Å². The molecular formula is C33H37F3. The van der Waals surface area contributed by atoms with Crippen molar-refractivity contribution in [3.05, 3.63) is 89.3 Å². The number of aryl methyl sites for hydroxylation is 1. The van der Waals surface area contributed by atoms with Crippen molar-refractivity contribution in [1.29, 1.82) is 0 Å². The Morgan fingerprint density at radius 3 is 2.11 bits per heavy atom. The van der Waals surface area contributed by atoms with Crippen LogP contribution in [0.1, 0.15) is 82.8 Å². The molecule has 3 aromatic rings. The first-order valence-corrected chi connectivity index (χ1v) is 13.6.